The van der Waals surface area contributed by atoms with Crippen molar-refractivity contribution in [2.45, 2.75) is 31.3 Å². The van der Waals surface area contributed by atoms with Crippen LogP contribution in [0.15, 0.2) is 18.2 Å². The van der Waals surface area contributed by atoms with Gasteiger partial charge in [0.15, 0.2) is 0 Å². The van der Waals surface area contributed by atoms with Gasteiger partial charge in [-0.2, -0.15) is 0 Å². The summed E-state index contributed by atoms with van der Waals surface area (Å²) in [6.07, 6.45) is 0.0723. The van der Waals surface area contributed by atoms with Crippen LogP contribution in [0, 0.1) is 12.7 Å². The third kappa shape index (κ3) is 1.82. The lowest BCUT2D eigenvalue weighted by Gasteiger charge is -2.43. The number of benzene rings is 1. The minimum absolute atomic E-state index is 0.294. The van der Waals surface area contributed by atoms with Crippen molar-refractivity contribution in [2.24, 2.45) is 0 Å². The molecule has 0 aromatic heterocycles. The number of aliphatic hydroxyl groups excluding tert-OH is 1. The first kappa shape index (κ1) is 12.0. The fourth-order valence-electron chi connectivity index (χ4n) is 2.35. The Bertz CT molecular complexity index is 450. The minimum atomic E-state index is -0.872. The SMILES string of the molecule is COC(=O)C1(c2ccc(C)c(F)c2)CC(O)C1. The summed E-state index contributed by atoms with van der Waals surface area (Å²) >= 11 is 0. The number of methoxy groups -OCH3 is 1. The van der Waals surface area contributed by atoms with E-state index in [-0.39, 0.29) is 5.82 Å². The van der Waals surface area contributed by atoms with E-state index in [0.29, 0.717) is 24.0 Å². The van der Waals surface area contributed by atoms with Gasteiger partial charge in [0.1, 0.15) is 5.82 Å². The zero-order chi connectivity index (χ0) is 12.6. The molecule has 1 aromatic carbocycles. The maximum atomic E-state index is 13.5. The monoisotopic (exact) mass is 238 g/mol. The van der Waals surface area contributed by atoms with E-state index >= 15 is 0 Å². The van der Waals surface area contributed by atoms with Crippen molar-refractivity contribution in [3.8, 4) is 0 Å². The van der Waals surface area contributed by atoms with Gasteiger partial charge >= 0.3 is 5.97 Å². The van der Waals surface area contributed by atoms with Crippen LogP contribution in [0.1, 0.15) is 24.0 Å². The highest BCUT2D eigenvalue weighted by Crippen LogP contribution is 2.45. The highest BCUT2D eigenvalue weighted by atomic mass is 19.1. The van der Waals surface area contributed by atoms with Crippen molar-refractivity contribution in [1.29, 1.82) is 0 Å². The second kappa shape index (κ2) is 4.11. The highest BCUT2D eigenvalue weighted by Gasteiger charge is 2.52. The van der Waals surface area contributed by atoms with E-state index in [4.69, 9.17) is 4.74 Å². The topological polar surface area (TPSA) is 46.5 Å². The summed E-state index contributed by atoms with van der Waals surface area (Å²) < 4.78 is 18.3. The van der Waals surface area contributed by atoms with Crippen LogP contribution in [0.2, 0.25) is 0 Å². The average molecular weight is 238 g/mol. The van der Waals surface area contributed by atoms with E-state index in [1.54, 1.807) is 19.1 Å². The molecule has 0 amide bonds. The predicted molar refractivity (Wildman–Crippen MR) is 60.1 cm³/mol. The lowest BCUT2D eigenvalue weighted by atomic mass is 9.62. The fraction of sp³-hybridized carbons (Fsp3) is 0.462. The summed E-state index contributed by atoms with van der Waals surface area (Å²) in [5.74, 6) is -0.752. The molecule has 2 rings (SSSR count). The Morgan fingerprint density at radius 1 is 1.53 bits per heavy atom. The Balaban J connectivity index is 2.40. The molecule has 3 nitrogen and oxygen atoms in total. The van der Waals surface area contributed by atoms with Gasteiger partial charge < -0.3 is 9.84 Å². The van der Waals surface area contributed by atoms with Crippen molar-refractivity contribution in [3.63, 3.8) is 0 Å². The molecule has 0 spiro atoms. The summed E-state index contributed by atoms with van der Waals surface area (Å²) in [7, 11) is 1.30. The number of carbonyl (C=O) groups is 1. The lowest BCUT2D eigenvalue weighted by molar-refractivity contribution is -0.156. The van der Waals surface area contributed by atoms with Crippen molar-refractivity contribution in [1.82, 2.24) is 0 Å². The Labute approximate surface area is 99.2 Å². The molecule has 0 heterocycles. The van der Waals surface area contributed by atoms with Gasteiger partial charge in [0.05, 0.1) is 18.6 Å². The quantitative estimate of drug-likeness (QED) is 0.798. The lowest BCUT2D eigenvalue weighted by Crippen LogP contribution is -2.51. The number of rotatable bonds is 2. The van der Waals surface area contributed by atoms with Gasteiger partial charge in [0.25, 0.3) is 0 Å². The molecule has 0 atom stereocenters. The van der Waals surface area contributed by atoms with Gasteiger partial charge in [-0.15, -0.1) is 0 Å². The third-order valence-corrected chi connectivity index (χ3v) is 3.47. The van der Waals surface area contributed by atoms with Crippen LogP contribution >= 0.6 is 0 Å². The molecule has 1 aliphatic rings. The number of aliphatic hydroxyl groups is 1. The average Bonchev–Trinajstić information content (AvgIpc) is 2.27. The Hall–Kier alpha value is -1.42. The van der Waals surface area contributed by atoms with Gasteiger partial charge in [-0.05, 0) is 37.0 Å². The number of aryl methyl sites for hydroxylation is 1. The van der Waals surface area contributed by atoms with Crippen molar-refractivity contribution < 1.29 is 19.0 Å². The first-order chi connectivity index (χ1) is 7.99. The number of esters is 1. The molecule has 1 N–H and O–H groups in total. The number of hydrogen-bond donors (Lipinski definition) is 1. The zero-order valence-corrected chi connectivity index (χ0v) is 9.87. The molecule has 92 valence electrons. The molecule has 4 heteroatoms. The molecule has 0 bridgehead atoms. The normalized spacial score (nSPS) is 27.4. The van der Waals surface area contributed by atoms with Crippen molar-refractivity contribution in [3.05, 3.63) is 35.1 Å². The summed E-state index contributed by atoms with van der Waals surface area (Å²) in [6.45, 7) is 1.67. The maximum absolute atomic E-state index is 13.5. The van der Waals surface area contributed by atoms with Crippen LogP contribution < -0.4 is 0 Å². The van der Waals surface area contributed by atoms with Crippen molar-refractivity contribution in [2.75, 3.05) is 7.11 Å². The van der Waals surface area contributed by atoms with Crippen LogP contribution in [0.3, 0.4) is 0 Å². The van der Waals surface area contributed by atoms with Crippen LogP contribution in [0.25, 0.3) is 0 Å². The molecule has 1 aromatic rings. The minimum Gasteiger partial charge on any atom is -0.468 e. The summed E-state index contributed by atoms with van der Waals surface area (Å²) in [5, 5.41) is 9.41. The van der Waals surface area contributed by atoms with Crippen LogP contribution in [-0.4, -0.2) is 24.3 Å². The third-order valence-electron chi connectivity index (χ3n) is 3.47. The Morgan fingerprint density at radius 3 is 2.65 bits per heavy atom. The van der Waals surface area contributed by atoms with Gasteiger partial charge in [0, 0.05) is 0 Å². The van der Waals surface area contributed by atoms with Crippen molar-refractivity contribution >= 4 is 5.97 Å². The van der Waals surface area contributed by atoms with E-state index < -0.39 is 17.5 Å². The van der Waals surface area contributed by atoms with E-state index in [2.05, 4.69) is 0 Å². The fourth-order valence-corrected chi connectivity index (χ4v) is 2.35. The predicted octanol–water partition coefficient (Wildman–Crippen LogP) is 1.70. The molecule has 1 fully saturated rings. The van der Waals surface area contributed by atoms with Gasteiger partial charge in [-0.3, -0.25) is 4.79 Å². The summed E-state index contributed by atoms with van der Waals surface area (Å²) in [6, 6.07) is 4.72. The van der Waals surface area contributed by atoms with Crippen LogP contribution in [-0.2, 0) is 14.9 Å². The number of halogens is 1. The number of hydrogen-bond acceptors (Lipinski definition) is 3. The largest absolute Gasteiger partial charge is 0.468 e. The first-order valence-corrected chi connectivity index (χ1v) is 5.53. The zero-order valence-electron chi connectivity index (χ0n) is 9.87. The van der Waals surface area contributed by atoms with Gasteiger partial charge in [-0.1, -0.05) is 12.1 Å². The second-order valence-corrected chi connectivity index (χ2v) is 4.60. The standard InChI is InChI=1S/C13H15FO3/c1-8-3-4-9(5-11(8)14)13(12(16)17-2)6-10(15)7-13/h3-5,10,15H,6-7H2,1-2H3. The van der Waals surface area contributed by atoms with E-state index in [9.17, 15) is 14.3 Å². The Kier molecular flexibility index (Phi) is 2.91. The van der Waals surface area contributed by atoms with Gasteiger partial charge in [0.2, 0.25) is 0 Å². The van der Waals surface area contributed by atoms with Crippen LogP contribution in [0.5, 0.6) is 0 Å². The van der Waals surface area contributed by atoms with Crippen LogP contribution in [0.4, 0.5) is 4.39 Å². The Morgan fingerprint density at radius 2 is 2.18 bits per heavy atom. The summed E-state index contributed by atoms with van der Waals surface area (Å²) in [4.78, 5) is 11.8. The van der Waals surface area contributed by atoms with E-state index in [1.165, 1.54) is 13.2 Å². The smallest absolute Gasteiger partial charge is 0.316 e. The molecular formula is C13H15FO3. The van der Waals surface area contributed by atoms with E-state index in [0.717, 1.165) is 0 Å². The first-order valence-electron chi connectivity index (χ1n) is 5.53. The molecule has 1 aliphatic carbocycles. The molecule has 1 saturated carbocycles. The second-order valence-electron chi connectivity index (χ2n) is 4.60. The van der Waals surface area contributed by atoms with E-state index in [1.807, 2.05) is 0 Å². The van der Waals surface area contributed by atoms with Gasteiger partial charge in [-0.25, -0.2) is 4.39 Å². The number of ether oxygens (including phenoxy) is 1. The summed E-state index contributed by atoms with van der Waals surface area (Å²) in [5.41, 5.74) is 0.245. The molecule has 0 saturated heterocycles. The molecule has 0 unspecified atom stereocenters. The maximum Gasteiger partial charge on any atom is 0.316 e. The highest BCUT2D eigenvalue weighted by molar-refractivity contribution is 5.84. The molecule has 0 aliphatic heterocycles. The molecule has 17 heavy (non-hydrogen) atoms. The molecule has 0 radical (unpaired) electrons. The molecular weight excluding hydrogens is 223 g/mol. The number of carbonyl (C=O) groups excluding carboxylic acids is 1.